The van der Waals surface area contributed by atoms with Crippen molar-refractivity contribution in [1.29, 1.82) is 0 Å². The molecule has 1 aliphatic heterocycles. The first kappa shape index (κ1) is 30.6. The van der Waals surface area contributed by atoms with Gasteiger partial charge in [-0.3, -0.25) is 9.59 Å². The molecule has 41 heavy (non-hydrogen) atoms. The lowest BCUT2D eigenvalue weighted by Crippen LogP contribution is -2.33. The second-order valence-electron chi connectivity index (χ2n) is 10.5. The van der Waals surface area contributed by atoms with Crippen molar-refractivity contribution in [2.45, 2.75) is 64.3 Å². The van der Waals surface area contributed by atoms with E-state index in [1.807, 2.05) is 6.92 Å². The molecule has 0 aromatic heterocycles. The lowest BCUT2D eigenvalue weighted by Gasteiger charge is -2.31. The number of fused-ring (bicyclic) bond motifs is 3. The molecular weight excluding hydrogens is 530 g/mol. The summed E-state index contributed by atoms with van der Waals surface area (Å²) in [5.74, 6) is -1.35. The third-order valence-corrected chi connectivity index (χ3v) is 7.90. The number of ketones is 2. The van der Waals surface area contributed by atoms with Gasteiger partial charge in [-0.05, 0) is 63.9 Å². The summed E-state index contributed by atoms with van der Waals surface area (Å²) in [6, 6.07) is 4.64. The van der Waals surface area contributed by atoms with Gasteiger partial charge in [0, 0.05) is 36.1 Å². The summed E-state index contributed by atoms with van der Waals surface area (Å²) >= 11 is 0. The third-order valence-electron chi connectivity index (χ3n) is 7.90. The summed E-state index contributed by atoms with van der Waals surface area (Å²) in [6.45, 7) is 3.66. The van der Waals surface area contributed by atoms with Crippen molar-refractivity contribution in [2.75, 3.05) is 39.3 Å². The molecule has 0 amide bonds. The van der Waals surface area contributed by atoms with E-state index in [-0.39, 0.29) is 64.4 Å². The largest absolute Gasteiger partial charge is 0.507 e. The highest BCUT2D eigenvalue weighted by atomic mass is 16.7. The molecule has 222 valence electrons. The number of nitrogen functional groups attached to an aromatic ring is 1. The Morgan fingerprint density at radius 2 is 1.78 bits per heavy atom. The number of hydrogen-bond acceptors (Lipinski definition) is 10. The van der Waals surface area contributed by atoms with Crippen LogP contribution in [0.4, 0.5) is 5.69 Å². The van der Waals surface area contributed by atoms with Crippen molar-refractivity contribution in [3.63, 3.8) is 0 Å². The maximum absolute atomic E-state index is 13.3. The smallest absolute Gasteiger partial charge is 0.200 e. The number of carbonyl (C=O) groups excluding carboxylic acids is 3. The van der Waals surface area contributed by atoms with E-state index in [0.29, 0.717) is 37.2 Å². The molecule has 0 spiro atoms. The van der Waals surface area contributed by atoms with E-state index in [0.717, 1.165) is 45.0 Å². The number of nitrogens with two attached hydrogens (primary N) is 1. The van der Waals surface area contributed by atoms with Crippen LogP contribution in [0.3, 0.4) is 0 Å². The van der Waals surface area contributed by atoms with Gasteiger partial charge >= 0.3 is 0 Å². The van der Waals surface area contributed by atoms with E-state index in [1.54, 1.807) is 13.2 Å². The molecule has 0 radical (unpaired) electrons. The molecule has 4 N–H and O–H groups in total. The summed E-state index contributed by atoms with van der Waals surface area (Å²) in [7, 11) is 1.68. The number of methoxy groups -OCH3 is 1. The van der Waals surface area contributed by atoms with Crippen LogP contribution in [0.5, 0.6) is 11.5 Å². The highest BCUT2D eigenvalue weighted by molar-refractivity contribution is 6.32. The average molecular weight is 570 g/mol. The van der Waals surface area contributed by atoms with Crippen molar-refractivity contribution in [2.24, 2.45) is 5.92 Å². The molecule has 0 saturated carbocycles. The summed E-state index contributed by atoms with van der Waals surface area (Å²) in [4.78, 5) is 36.9. The van der Waals surface area contributed by atoms with E-state index in [1.165, 1.54) is 12.1 Å². The average Bonchev–Trinajstić information content (AvgIpc) is 2.98. The Kier molecular flexibility index (Phi) is 10.5. The Labute approximate surface area is 239 Å². The van der Waals surface area contributed by atoms with Gasteiger partial charge in [-0.2, -0.15) is 0 Å². The molecule has 2 aromatic rings. The molecule has 1 heterocycles. The van der Waals surface area contributed by atoms with Gasteiger partial charge in [0.2, 0.25) is 0 Å². The summed E-state index contributed by atoms with van der Waals surface area (Å²) < 4.78 is 21.7. The number of carbonyl (C=O) groups is 3. The molecule has 0 bridgehead atoms. The Bertz CT molecular complexity index is 1270. The number of phenolic OH excluding ortho intramolecular Hbond substituents is 2. The maximum Gasteiger partial charge on any atom is 0.200 e. The molecule has 10 heteroatoms. The molecule has 10 nitrogen and oxygen atoms in total. The number of benzene rings is 2. The van der Waals surface area contributed by atoms with Crippen molar-refractivity contribution in [1.82, 2.24) is 0 Å². The SMILES string of the molecule is CCOC.Nc1cccc2c1C(=O)c1c(O)c3c(c(O)c1C2=O)C[C@@H](CCOC1CCCC(COCC=O)O1)CC3. The predicted octanol–water partition coefficient (Wildman–Crippen LogP) is 3.73. The molecule has 3 aliphatic rings. The van der Waals surface area contributed by atoms with Gasteiger partial charge in [0.15, 0.2) is 17.9 Å². The minimum absolute atomic E-state index is 0.0560. The maximum atomic E-state index is 13.3. The Morgan fingerprint density at radius 3 is 2.51 bits per heavy atom. The number of phenols is 2. The zero-order valence-corrected chi connectivity index (χ0v) is 23.6. The van der Waals surface area contributed by atoms with Crippen molar-refractivity contribution < 1.29 is 43.5 Å². The van der Waals surface area contributed by atoms with Crippen molar-refractivity contribution in [3.05, 3.63) is 51.6 Å². The molecule has 2 aliphatic carbocycles. The number of rotatable bonds is 9. The van der Waals surface area contributed by atoms with Gasteiger partial charge in [-0.25, -0.2) is 0 Å². The lowest BCUT2D eigenvalue weighted by atomic mass is 9.75. The van der Waals surface area contributed by atoms with Gasteiger partial charge in [0.1, 0.15) is 24.4 Å². The van der Waals surface area contributed by atoms with Gasteiger partial charge in [0.25, 0.3) is 0 Å². The van der Waals surface area contributed by atoms with E-state index in [9.17, 15) is 24.6 Å². The van der Waals surface area contributed by atoms with Crippen LogP contribution in [0.2, 0.25) is 0 Å². The molecule has 1 fully saturated rings. The van der Waals surface area contributed by atoms with Crippen LogP contribution in [0.25, 0.3) is 0 Å². The van der Waals surface area contributed by atoms with Crippen LogP contribution in [0, 0.1) is 5.92 Å². The molecule has 1 saturated heterocycles. The van der Waals surface area contributed by atoms with E-state index in [4.69, 9.17) is 19.9 Å². The normalized spacial score (nSPS) is 21.3. The second kappa shape index (κ2) is 14.0. The minimum Gasteiger partial charge on any atom is -0.507 e. The van der Waals surface area contributed by atoms with E-state index < -0.39 is 11.6 Å². The molecule has 5 rings (SSSR count). The van der Waals surface area contributed by atoms with Crippen LogP contribution in [0.15, 0.2) is 18.2 Å². The van der Waals surface area contributed by atoms with E-state index >= 15 is 0 Å². The van der Waals surface area contributed by atoms with Crippen molar-refractivity contribution in [3.8, 4) is 11.5 Å². The fraction of sp³-hybridized carbons (Fsp3) is 0.516. The zero-order valence-electron chi connectivity index (χ0n) is 23.6. The molecule has 2 aromatic carbocycles. The van der Waals surface area contributed by atoms with Gasteiger partial charge in [-0.15, -0.1) is 0 Å². The quantitative estimate of drug-likeness (QED) is 0.150. The first-order chi connectivity index (χ1) is 19.8. The fourth-order valence-electron chi connectivity index (χ4n) is 5.74. The lowest BCUT2D eigenvalue weighted by molar-refractivity contribution is -0.205. The Morgan fingerprint density at radius 1 is 1.05 bits per heavy atom. The van der Waals surface area contributed by atoms with E-state index in [2.05, 4.69) is 4.74 Å². The summed E-state index contributed by atoms with van der Waals surface area (Å²) in [6.07, 6.45) is 5.31. The Balaban J connectivity index is 0.000000909. The molecule has 3 atom stereocenters. The third kappa shape index (κ3) is 6.62. The number of anilines is 1. The van der Waals surface area contributed by atoms with Crippen LogP contribution < -0.4 is 5.73 Å². The van der Waals surface area contributed by atoms with Gasteiger partial charge in [0.05, 0.1) is 36.0 Å². The fourth-order valence-corrected chi connectivity index (χ4v) is 5.74. The molecule has 2 unspecified atom stereocenters. The topological polar surface area (TPSA) is 155 Å². The highest BCUT2D eigenvalue weighted by Gasteiger charge is 2.39. The number of aromatic hydroxyl groups is 2. The number of hydrogen-bond donors (Lipinski definition) is 3. The standard InChI is InChI=1S/C28H31NO8.C3H8O/c29-20-5-2-4-18-22(20)28(34)24-23(26(18)32)27(33)19-13-15(7-8-17(19)25(24)31)9-11-36-21-6-1-3-16(37-21)14-35-12-10-30;1-3-4-2/h2,4-5,10,15-16,21,31,33H,1,3,6-9,11-14,29H2;3H2,1-2H3/t15-,16?,21?;/m1./s1. The first-order valence-electron chi connectivity index (χ1n) is 14.2. The minimum atomic E-state index is -0.545. The number of aldehydes is 1. The monoisotopic (exact) mass is 569 g/mol. The van der Waals surface area contributed by atoms with Crippen molar-refractivity contribution >= 4 is 23.5 Å². The second-order valence-corrected chi connectivity index (χ2v) is 10.5. The summed E-state index contributed by atoms with van der Waals surface area (Å²) in [5.41, 5.74) is 7.08. The van der Waals surface area contributed by atoms with Crippen LogP contribution >= 0.6 is 0 Å². The van der Waals surface area contributed by atoms with Crippen LogP contribution in [-0.2, 0) is 36.6 Å². The van der Waals surface area contributed by atoms with Gasteiger partial charge < -0.3 is 39.7 Å². The van der Waals surface area contributed by atoms with Crippen LogP contribution in [0.1, 0.15) is 82.0 Å². The highest BCUT2D eigenvalue weighted by Crippen LogP contribution is 2.47. The summed E-state index contributed by atoms with van der Waals surface area (Å²) in [5, 5.41) is 22.2. The van der Waals surface area contributed by atoms with Crippen LogP contribution in [-0.4, -0.2) is 74.0 Å². The number of ether oxygens (including phenoxy) is 4. The molecular formula is C31H39NO9. The predicted molar refractivity (Wildman–Crippen MR) is 151 cm³/mol. The van der Waals surface area contributed by atoms with Gasteiger partial charge in [-0.1, -0.05) is 12.1 Å². The Hall–Kier alpha value is -3.31. The first-order valence-corrected chi connectivity index (χ1v) is 14.2. The zero-order chi connectivity index (χ0) is 29.5.